The molecule has 6 rings (SSSR count). The van der Waals surface area contributed by atoms with Crippen molar-refractivity contribution in [2.45, 2.75) is 54.3 Å². The zero-order chi connectivity index (χ0) is 29.5. The van der Waals surface area contributed by atoms with Gasteiger partial charge in [-0.1, -0.05) is 72.3 Å². The maximum Gasteiger partial charge on any atom is 0.248 e. The van der Waals surface area contributed by atoms with Gasteiger partial charge in [0.2, 0.25) is 17.7 Å². The van der Waals surface area contributed by atoms with Crippen molar-refractivity contribution in [3.05, 3.63) is 101 Å². The largest absolute Gasteiger partial charge is 0.394 e. The molecule has 7 nitrogen and oxygen atoms in total. The van der Waals surface area contributed by atoms with Gasteiger partial charge in [0.25, 0.3) is 0 Å². The number of amides is 3. The molecule has 3 amide bonds. The van der Waals surface area contributed by atoms with Crippen molar-refractivity contribution in [2.75, 3.05) is 11.9 Å². The Morgan fingerprint density at radius 3 is 2.26 bits per heavy atom. The van der Waals surface area contributed by atoms with Crippen molar-refractivity contribution >= 4 is 46.8 Å². The summed E-state index contributed by atoms with van der Waals surface area (Å²) in [5.41, 5.74) is 2.50. The third-order valence-electron chi connectivity index (χ3n) is 9.08. The number of fused-ring (bicyclic) bond motifs is 1. The lowest BCUT2D eigenvalue weighted by atomic mass is 9.66. The summed E-state index contributed by atoms with van der Waals surface area (Å²) in [7, 11) is 0. The average Bonchev–Trinajstić information content (AvgIpc) is 3.57. The van der Waals surface area contributed by atoms with Crippen LogP contribution >= 0.6 is 23.4 Å². The second-order valence-electron chi connectivity index (χ2n) is 11.7. The number of halogens is 1. The fraction of sp³-hybridized carbons (Fsp3) is 0.364. The van der Waals surface area contributed by atoms with Gasteiger partial charge >= 0.3 is 0 Å². The molecule has 3 aromatic carbocycles. The molecule has 218 valence electrons. The number of rotatable bonds is 9. The van der Waals surface area contributed by atoms with Crippen LogP contribution in [0.1, 0.15) is 30.9 Å². The predicted octanol–water partition coefficient (Wildman–Crippen LogP) is 4.68. The van der Waals surface area contributed by atoms with Gasteiger partial charge in [-0.05, 0) is 61.6 Å². The third-order valence-corrected chi connectivity index (χ3v) is 11.3. The van der Waals surface area contributed by atoms with Crippen LogP contribution in [0, 0.1) is 11.8 Å². The first-order valence-electron chi connectivity index (χ1n) is 14.3. The van der Waals surface area contributed by atoms with Crippen molar-refractivity contribution in [3.63, 3.8) is 0 Å². The normalized spacial score (nSPS) is 28.4. The Morgan fingerprint density at radius 2 is 1.62 bits per heavy atom. The van der Waals surface area contributed by atoms with Gasteiger partial charge in [0.15, 0.2) is 0 Å². The van der Waals surface area contributed by atoms with E-state index in [0.29, 0.717) is 36.5 Å². The zero-order valence-electron chi connectivity index (χ0n) is 23.3. The van der Waals surface area contributed by atoms with Crippen LogP contribution in [0.3, 0.4) is 0 Å². The highest BCUT2D eigenvalue weighted by Gasteiger charge is 2.77. The fourth-order valence-electron chi connectivity index (χ4n) is 7.23. The minimum atomic E-state index is -0.856. The lowest BCUT2D eigenvalue weighted by Crippen LogP contribution is -2.55. The number of aliphatic hydroxyl groups excluding tert-OH is 1. The second-order valence-corrected chi connectivity index (χ2v) is 14.0. The van der Waals surface area contributed by atoms with Gasteiger partial charge in [-0.25, -0.2) is 0 Å². The minimum Gasteiger partial charge on any atom is -0.394 e. The van der Waals surface area contributed by atoms with Gasteiger partial charge in [0.05, 0.1) is 29.2 Å². The number of carbonyl (C=O) groups is 3. The van der Waals surface area contributed by atoms with Crippen LogP contribution in [0.5, 0.6) is 0 Å². The molecule has 0 aliphatic carbocycles. The molecule has 0 aromatic heterocycles. The number of carbonyl (C=O) groups excluding carboxylic acids is 3. The number of anilines is 1. The van der Waals surface area contributed by atoms with E-state index in [0.717, 1.165) is 11.1 Å². The molecule has 3 N–H and O–H groups in total. The van der Waals surface area contributed by atoms with Gasteiger partial charge in [-0.3, -0.25) is 14.4 Å². The number of nitrogens with one attached hydrogen (secondary N) is 2. The second kappa shape index (κ2) is 11.4. The molecule has 9 heteroatoms. The maximum atomic E-state index is 14.5. The number of thioether (sulfide) groups is 1. The smallest absolute Gasteiger partial charge is 0.248 e. The monoisotopic (exact) mass is 603 g/mol. The number of likely N-dealkylation sites (tertiary alicyclic amines) is 1. The van der Waals surface area contributed by atoms with E-state index in [1.54, 1.807) is 40.9 Å². The Kier molecular flexibility index (Phi) is 7.81. The maximum absolute atomic E-state index is 14.5. The van der Waals surface area contributed by atoms with Gasteiger partial charge in [0, 0.05) is 22.0 Å². The molecule has 3 aromatic rings. The summed E-state index contributed by atoms with van der Waals surface area (Å²) in [6.07, 6.45) is 1.74. The first-order chi connectivity index (χ1) is 20.3. The molecule has 0 saturated carbocycles. The molecular formula is C33H34ClN3O4S. The van der Waals surface area contributed by atoms with Crippen LogP contribution in [0.2, 0.25) is 5.02 Å². The molecule has 3 fully saturated rings. The molecule has 2 bridgehead atoms. The van der Waals surface area contributed by atoms with Crippen molar-refractivity contribution in [2.24, 2.45) is 11.8 Å². The van der Waals surface area contributed by atoms with Crippen LogP contribution in [0.4, 0.5) is 5.69 Å². The summed E-state index contributed by atoms with van der Waals surface area (Å²) in [4.78, 5) is 44.2. The molecule has 3 aliphatic rings. The van der Waals surface area contributed by atoms with Crippen LogP contribution in [0.15, 0.2) is 84.9 Å². The van der Waals surface area contributed by atoms with E-state index in [1.165, 1.54) is 0 Å². The lowest BCUT2D eigenvalue weighted by Gasteiger charge is -2.37. The first-order valence-corrected chi connectivity index (χ1v) is 15.5. The van der Waals surface area contributed by atoms with Crippen molar-refractivity contribution in [1.82, 2.24) is 10.2 Å². The lowest BCUT2D eigenvalue weighted by molar-refractivity contribution is -0.142. The van der Waals surface area contributed by atoms with Gasteiger partial charge in [-0.15, -0.1) is 11.8 Å². The topological polar surface area (TPSA) is 98.7 Å². The van der Waals surface area contributed by atoms with Crippen molar-refractivity contribution in [1.29, 1.82) is 0 Å². The highest BCUT2D eigenvalue weighted by atomic mass is 35.5. The standard InChI is InChI=1S/C33H34ClN3O4S/c1-32-16-17-33(42-32)27(26(32)29(39)35-19-22-10-6-3-7-11-22)31(41)37(25(20-38)18-21-8-4-2-5-9-21)28(33)30(40)36-24-14-12-23(34)13-15-24/h2-15,25-28,38H,16-20H2,1H3,(H,35,39)(H,36,40)/t25-,26+,27+,28?,32-,33?/m1/s1. The fourth-order valence-corrected chi connectivity index (χ4v) is 9.70. The summed E-state index contributed by atoms with van der Waals surface area (Å²) < 4.78 is -1.28. The SMILES string of the molecule is C[C@]12CCC3(S1)C(C(=O)Nc1ccc(Cl)cc1)N([C@@H](CO)Cc1ccccc1)C(=O)[C@@H]3[C@H]2C(=O)NCc1ccccc1. The quantitative estimate of drug-likeness (QED) is 0.330. The van der Waals surface area contributed by atoms with Crippen LogP contribution < -0.4 is 10.6 Å². The van der Waals surface area contributed by atoms with E-state index in [1.807, 2.05) is 60.7 Å². The Bertz CT molecular complexity index is 1470. The van der Waals surface area contributed by atoms with Crippen molar-refractivity contribution in [3.8, 4) is 0 Å². The summed E-state index contributed by atoms with van der Waals surface area (Å²) in [6, 6.07) is 24.7. The van der Waals surface area contributed by atoms with Crippen LogP contribution in [-0.4, -0.2) is 55.9 Å². The highest BCUT2D eigenvalue weighted by Crippen LogP contribution is 2.71. The average molecular weight is 604 g/mol. The number of benzene rings is 3. The first kappa shape index (κ1) is 28.8. The molecule has 3 saturated heterocycles. The summed E-state index contributed by atoms with van der Waals surface area (Å²) in [5, 5.41) is 17.3. The van der Waals surface area contributed by atoms with E-state index >= 15 is 0 Å². The number of hydrogen-bond donors (Lipinski definition) is 3. The van der Waals surface area contributed by atoms with Crippen LogP contribution in [0.25, 0.3) is 0 Å². The van der Waals surface area contributed by atoms with E-state index in [-0.39, 0.29) is 24.3 Å². The number of hydrogen-bond acceptors (Lipinski definition) is 5. The highest BCUT2D eigenvalue weighted by molar-refractivity contribution is 8.02. The van der Waals surface area contributed by atoms with E-state index in [9.17, 15) is 19.5 Å². The Hall–Kier alpha value is -3.33. The van der Waals surface area contributed by atoms with Crippen molar-refractivity contribution < 1.29 is 19.5 Å². The van der Waals surface area contributed by atoms with E-state index in [4.69, 9.17) is 11.6 Å². The Labute approximate surface area is 255 Å². The van der Waals surface area contributed by atoms with Gasteiger partial charge < -0.3 is 20.6 Å². The minimum absolute atomic E-state index is 0.170. The predicted molar refractivity (Wildman–Crippen MR) is 165 cm³/mol. The van der Waals surface area contributed by atoms with E-state index in [2.05, 4.69) is 17.6 Å². The molecule has 3 heterocycles. The molecule has 2 unspecified atom stereocenters. The number of aliphatic hydroxyl groups is 1. The zero-order valence-corrected chi connectivity index (χ0v) is 24.9. The Balaban J connectivity index is 1.36. The molecule has 1 spiro atoms. The molecule has 42 heavy (non-hydrogen) atoms. The van der Waals surface area contributed by atoms with Gasteiger partial charge in [-0.2, -0.15) is 0 Å². The molecule has 0 radical (unpaired) electrons. The number of nitrogens with zero attached hydrogens (tertiary/aromatic N) is 1. The van der Waals surface area contributed by atoms with Gasteiger partial charge in [0.1, 0.15) is 6.04 Å². The molecular weight excluding hydrogens is 570 g/mol. The molecule has 6 atom stereocenters. The summed E-state index contributed by atoms with van der Waals surface area (Å²) in [5.74, 6) is -2.00. The summed E-state index contributed by atoms with van der Waals surface area (Å²) >= 11 is 7.68. The van der Waals surface area contributed by atoms with Crippen LogP contribution in [-0.2, 0) is 27.3 Å². The Morgan fingerprint density at radius 1 is 0.976 bits per heavy atom. The van der Waals surface area contributed by atoms with E-state index < -0.39 is 33.4 Å². The molecule has 3 aliphatic heterocycles. The summed E-state index contributed by atoms with van der Waals surface area (Å²) in [6.45, 7) is 2.11. The third kappa shape index (κ3) is 4.99.